The molecule has 0 amide bonds. The topological polar surface area (TPSA) is 12.0 Å². The van der Waals surface area contributed by atoms with E-state index in [0.717, 1.165) is 0 Å². The van der Waals surface area contributed by atoms with E-state index >= 15 is 0 Å². The van der Waals surface area contributed by atoms with Crippen LogP contribution in [0.25, 0.3) is 0 Å². The Bertz CT molecular complexity index is 186. The van der Waals surface area contributed by atoms with Crippen LogP contribution in [0.4, 0.5) is 0 Å². The molecule has 0 aliphatic carbocycles. The van der Waals surface area contributed by atoms with Gasteiger partial charge in [-0.1, -0.05) is 77.4 Å². The quantitative estimate of drug-likeness (QED) is 0.261. The van der Waals surface area contributed by atoms with Gasteiger partial charge in [-0.05, 0) is 45.2 Å². The van der Waals surface area contributed by atoms with E-state index in [1.807, 2.05) is 0 Å². The Balaban J connectivity index is 2.97. The van der Waals surface area contributed by atoms with Crippen molar-refractivity contribution in [2.75, 3.05) is 13.1 Å². The smallest absolute Gasteiger partial charge is 0.00489 e. The van der Waals surface area contributed by atoms with E-state index in [-0.39, 0.29) is 0 Å². The zero-order valence-corrected chi connectivity index (χ0v) is 14.3. The fourth-order valence-electron chi connectivity index (χ4n) is 2.38. The van der Waals surface area contributed by atoms with Gasteiger partial charge in [0.1, 0.15) is 0 Å². The zero-order chi connectivity index (χ0) is 14.7. The molecule has 120 valence electrons. The van der Waals surface area contributed by atoms with Gasteiger partial charge in [0.05, 0.1) is 0 Å². The largest absolute Gasteiger partial charge is 0.317 e. The molecular weight excluding hydrogens is 242 g/mol. The Morgan fingerprint density at radius 3 is 1.70 bits per heavy atom. The zero-order valence-electron chi connectivity index (χ0n) is 14.3. The summed E-state index contributed by atoms with van der Waals surface area (Å²) in [5.74, 6) is 0. The normalized spacial score (nSPS) is 11.5. The van der Waals surface area contributed by atoms with Gasteiger partial charge < -0.3 is 5.32 Å². The van der Waals surface area contributed by atoms with Crippen molar-refractivity contribution in [2.45, 2.75) is 97.3 Å². The predicted molar refractivity (Wildman–Crippen MR) is 93.4 cm³/mol. The fraction of sp³-hybridized carbons (Fsp3) is 0.895. The summed E-state index contributed by atoms with van der Waals surface area (Å²) < 4.78 is 0. The number of hydrogen-bond donors (Lipinski definition) is 1. The Hall–Kier alpha value is -0.300. The number of hydrogen-bond acceptors (Lipinski definition) is 1. The minimum Gasteiger partial charge on any atom is -0.317 e. The van der Waals surface area contributed by atoms with Gasteiger partial charge in [-0.2, -0.15) is 0 Å². The molecule has 1 heteroatoms. The maximum absolute atomic E-state index is 3.52. The summed E-state index contributed by atoms with van der Waals surface area (Å²) in [6.07, 6.45) is 22.5. The highest BCUT2D eigenvalue weighted by Gasteiger charge is 1.92. The maximum atomic E-state index is 3.52. The molecule has 1 N–H and O–H groups in total. The lowest BCUT2D eigenvalue weighted by Crippen LogP contribution is -2.16. The van der Waals surface area contributed by atoms with Gasteiger partial charge in [-0.15, -0.1) is 0 Å². The minimum atomic E-state index is 1.21. The summed E-state index contributed by atoms with van der Waals surface area (Å²) in [6, 6.07) is 0. The third kappa shape index (κ3) is 17.7. The molecule has 0 aliphatic rings. The predicted octanol–water partition coefficient (Wildman–Crippen LogP) is 6.24. The van der Waals surface area contributed by atoms with Crippen LogP contribution in [0, 0.1) is 0 Å². The number of unbranched alkanes of at least 4 members (excludes halogenated alkanes) is 10. The molecule has 0 aromatic heterocycles. The number of nitrogens with one attached hydrogen (secondary N) is 1. The first-order valence-electron chi connectivity index (χ1n) is 9.27. The van der Waals surface area contributed by atoms with Gasteiger partial charge in [0.25, 0.3) is 0 Å². The second-order valence-electron chi connectivity index (χ2n) is 5.98. The molecule has 0 rings (SSSR count). The lowest BCUT2D eigenvalue weighted by atomic mass is 10.1. The lowest BCUT2D eigenvalue weighted by molar-refractivity contribution is 0.552. The second-order valence-corrected chi connectivity index (χ2v) is 5.98. The maximum Gasteiger partial charge on any atom is -0.00489 e. The van der Waals surface area contributed by atoms with Crippen molar-refractivity contribution in [2.24, 2.45) is 0 Å². The van der Waals surface area contributed by atoms with Gasteiger partial charge in [0, 0.05) is 0 Å². The molecular formula is C19H39N. The van der Waals surface area contributed by atoms with E-state index in [9.17, 15) is 0 Å². The van der Waals surface area contributed by atoms with Crippen molar-refractivity contribution < 1.29 is 0 Å². The van der Waals surface area contributed by atoms with Crippen LogP contribution >= 0.6 is 0 Å². The first-order valence-corrected chi connectivity index (χ1v) is 9.27. The summed E-state index contributed by atoms with van der Waals surface area (Å²) in [5.41, 5.74) is 0. The van der Waals surface area contributed by atoms with Crippen LogP contribution in [0.5, 0.6) is 0 Å². The van der Waals surface area contributed by atoms with E-state index in [1.54, 1.807) is 0 Å². The van der Waals surface area contributed by atoms with E-state index in [2.05, 4.69) is 31.3 Å². The molecule has 0 saturated carbocycles. The number of allylic oxidation sites excluding steroid dienone is 2. The van der Waals surface area contributed by atoms with Gasteiger partial charge in [0.15, 0.2) is 0 Å². The Kier molecular flexibility index (Phi) is 18.4. The van der Waals surface area contributed by atoms with E-state index < -0.39 is 0 Å². The Morgan fingerprint density at radius 1 is 0.550 bits per heavy atom. The van der Waals surface area contributed by atoms with Crippen molar-refractivity contribution >= 4 is 0 Å². The molecule has 0 aromatic carbocycles. The standard InChI is InChI=1S/C19H39N/c1-3-5-7-8-9-10-11-12-13-14-15-16-17-19-20-18-6-4-2/h8-9,20H,3-7,10-19H2,1-2H3/b9-8+. The van der Waals surface area contributed by atoms with Crippen LogP contribution in [0.1, 0.15) is 97.3 Å². The van der Waals surface area contributed by atoms with E-state index in [1.165, 1.54) is 96.6 Å². The summed E-state index contributed by atoms with van der Waals surface area (Å²) in [4.78, 5) is 0. The van der Waals surface area contributed by atoms with E-state index in [4.69, 9.17) is 0 Å². The summed E-state index contributed by atoms with van der Waals surface area (Å²) >= 11 is 0. The van der Waals surface area contributed by atoms with Gasteiger partial charge in [0.2, 0.25) is 0 Å². The second kappa shape index (κ2) is 18.7. The molecule has 0 radical (unpaired) electrons. The Labute approximate surface area is 128 Å². The highest BCUT2D eigenvalue weighted by molar-refractivity contribution is 4.81. The van der Waals surface area contributed by atoms with Crippen LogP contribution in [0.15, 0.2) is 12.2 Å². The molecule has 0 spiro atoms. The monoisotopic (exact) mass is 281 g/mol. The fourth-order valence-corrected chi connectivity index (χ4v) is 2.38. The minimum absolute atomic E-state index is 1.21. The van der Waals surface area contributed by atoms with Crippen LogP contribution in [-0.4, -0.2) is 13.1 Å². The molecule has 20 heavy (non-hydrogen) atoms. The van der Waals surface area contributed by atoms with Crippen molar-refractivity contribution in [1.29, 1.82) is 0 Å². The Morgan fingerprint density at radius 2 is 1.05 bits per heavy atom. The summed E-state index contributed by atoms with van der Waals surface area (Å²) in [7, 11) is 0. The van der Waals surface area contributed by atoms with Crippen molar-refractivity contribution in [3.8, 4) is 0 Å². The van der Waals surface area contributed by atoms with Crippen molar-refractivity contribution in [3.05, 3.63) is 12.2 Å². The molecule has 0 fully saturated rings. The van der Waals surface area contributed by atoms with Gasteiger partial charge in [-0.3, -0.25) is 0 Å². The highest BCUT2D eigenvalue weighted by Crippen LogP contribution is 2.09. The summed E-state index contributed by atoms with van der Waals surface area (Å²) in [5, 5.41) is 3.52. The van der Waals surface area contributed by atoms with Crippen LogP contribution in [0.2, 0.25) is 0 Å². The average molecular weight is 282 g/mol. The first-order chi connectivity index (χ1) is 9.91. The molecule has 0 unspecified atom stereocenters. The molecule has 0 atom stereocenters. The van der Waals surface area contributed by atoms with Crippen LogP contribution in [-0.2, 0) is 0 Å². The van der Waals surface area contributed by atoms with Crippen LogP contribution < -0.4 is 5.32 Å². The van der Waals surface area contributed by atoms with Crippen molar-refractivity contribution in [3.63, 3.8) is 0 Å². The summed E-state index contributed by atoms with van der Waals surface area (Å²) in [6.45, 7) is 6.95. The van der Waals surface area contributed by atoms with Crippen LogP contribution in [0.3, 0.4) is 0 Å². The SMILES string of the molecule is CCCC/C=C/CCCCCCCCCNCCCC. The average Bonchev–Trinajstić information content (AvgIpc) is 2.47. The number of rotatable bonds is 16. The van der Waals surface area contributed by atoms with E-state index in [0.29, 0.717) is 0 Å². The lowest BCUT2D eigenvalue weighted by Gasteiger charge is -2.03. The van der Waals surface area contributed by atoms with Crippen molar-refractivity contribution in [1.82, 2.24) is 5.32 Å². The third-order valence-corrected chi connectivity index (χ3v) is 3.82. The first kappa shape index (κ1) is 19.7. The molecule has 1 nitrogen and oxygen atoms in total. The third-order valence-electron chi connectivity index (χ3n) is 3.82. The molecule has 0 bridgehead atoms. The highest BCUT2D eigenvalue weighted by atomic mass is 14.8. The molecule has 0 saturated heterocycles. The van der Waals surface area contributed by atoms with Gasteiger partial charge >= 0.3 is 0 Å². The molecule has 0 heterocycles. The molecule has 0 aromatic rings. The van der Waals surface area contributed by atoms with Gasteiger partial charge in [-0.25, -0.2) is 0 Å². The molecule has 0 aliphatic heterocycles.